The first-order valence-corrected chi connectivity index (χ1v) is 9.88. The molecule has 1 amide bonds. The molecule has 1 heterocycles. The molecule has 1 saturated heterocycles. The molecule has 3 atom stereocenters. The number of hydrogen-bond acceptors (Lipinski definition) is 4. The number of carbonyl (C=O) groups is 1. The molecule has 7 heteroatoms. The van der Waals surface area contributed by atoms with Crippen LogP contribution in [0.2, 0.25) is 0 Å². The monoisotopic (exact) mass is 356 g/mol. The fourth-order valence-electron chi connectivity index (χ4n) is 3.09. The number of amides is 1. The highest BCUT2D eigenvalue weighted by molar-refractivity contribution is 7.91. The van der Waals surface area contributed by atoms with Gasteiger partial charge in [-0.15, -0.1) is 0 Å². The van der Waals surface area contributed by atoms with Gasteiger partial charge in [0.05, 0.1) is 10.6 Å². The average Bonchev–Trinajstić information content (AvgIpc) is 2.54. The number of hydrogen-bond donors (Lipinski definition) is 1. The van der Waals surface area contributed by atoms with Crippen molar-refractivity contribution in [2.24, 2.45) is 17.6 Å². The predicted molar refractivity (Wildman–Crippen MR) is 90.6 cm³/mol. The summed E-state index contributed by atoms with van der Waals surface area (Å²) >= 11 is 0. The first-order chi connectivity index (χ1) is 11.2. The van der Waals surface area contributed by atoms with Crippen molar-refractivity contribution in [2.45, 2.75) is 37.6 Å². The lowest BCUT2D eigenvalue weighted by Gasteiger charge is -2.36. The predicted octanol–water partition coefficient (Wildman–Crippen LogP) is 1.82. The molecule has 0 radical (unpaired) electrons. The minimum Gasteiger partial charge on any atom is -0.342 e. The van der Waals surface area contributed by atoms with Crippen LogP contribution in [0.3, 0.4) is 0 Å². The maximum atomic E-state index is 12.9. The third kappa shape index (κ3) is 4.54. The summed E-state index contributed by atoms with van der Waals surface area (Å²) in [6.07, 6.45) is 1.87. The largest absolute Gasteiger partial charge is 0.342 e. The van der Waals surface area contributed by atoms with Gasteiger partial charge >= 0.3 is 0 Å². The lowest BCUT2D eigenvalue weighted by atomic mass is 9.91. The second kappa shape index (κ2) is 7.61. The van der Waals surface area contributed by atoms with Crippen LogP contribution >= 0.6 is 0 Å². The third-order valence-corrected chi connectivity index (χ3v) is 6.51. The Bertz CT molecular complexity index is 674. The topological polar surface area (TPSA) is 80.5 Å². The van der Waals surface area contributed by atoms with E-state index in [1.165, 1.54) is 12.1 Å². The number of halogens is 1. The Balaban J connectivity index is 2.04. The SMILES string of the molecule is C[C@H](CS(=O)(=O)c1ccc(F)cc1)C(=O)N1CCC[C@@H]([C@@H](C)N)C1. The Morgan fingerprint density at radius 1 is 1.33 bits per heavy atom. The molecule has 2 rings (SSSR count). The van der Waals surface area contributed by atoms with Gasteiger partial charge in [0, 0.05) is 25.0 Å². The molecule has 0 bridgehead atoms. The summed E-state index contributed by atoms with van der Waals surface area (Å²) in [6, 6.07) is 4.69. The van der Waals surface area contributed by atoms with Gasteiger partial charge < -0.3 is 10.6 Å². The molecule has 1 fully saturated rings. The lowest BCUT2D eigenvalue weighted by molar-refractivity contribution is -0.136. The quantitative estimate of drug-likeness (QED) is 0.816. The van der Waals surface area contributed by atoms with Crippen LogP contribution in [0.1, 0.15) is 26.7 Å². The van der Waals surface area contributed by atoms with Gasteiger partial charge in [0.15, 0.2) is 9.84 Å². The van der Waals surface area contributed by atoms with Crippen molar-refractivity contribution < 1.29 is 17.6 Å². The minimum absolute atomic E-state index is 0.0128. The maximum absolute atomic E-state index is 12.9. The number of sulfone groups is 1. The Labute approximate surface area is 142 Å². The van der Waals surface area contributed by atoms with Crippen LogP contribution in [0.4, 0.5) is 4.39 Å². The molecule has 0 unspecified atom stereocenters. The molecule has 1 aliphatic heterocycles. The van der Waals surface area contributed by atoms with Gasteiger partial charge in [-0.1, -0.05) is 6.92 Å². The number of rotatable bonds is 5. The fraction of sp³-hybridized carbons (Fsp3) is 0.588. The highest BCUT2D eigenvalue weighted by Crippen LogP contribution is 2.22. The molecule has 0 aliphatic carbocycles. The van der Waals surface area contributed by atoms with Crippen molar-refractivity contribution in [2.75, 3.05) is 18.8 Å². The fourth-order valence-corrected chi connectivity index (χ4v) is 4.63. The average molecular weight is 356 g/mol. The first kappa shape index (κ1) is 18.9. The maximum Gasteiger partial charge on any atom is 0.226 e. The van der Waals surface area contributed by atoms with Crippen molar-refractivity contribution in [1.29, 1.82) is 0 Å². The van der Waals surface area contributed by atoms with E-state index in [0.29, 0.717) is 13.1 Å². The molecule has 0 saturated carbocycles. The normalized spacial score (nSPS) is 21.3. The molecule has 2 N–H and O–H groups in total. The number of piperidine rings is 1. The van der Waals surface area contributed by atoms with Gasteiger partial charge in [0.1, 0.15) is 5.82 Å². The Kier molecular flexibility index (Phi) is 5.98. The molecular weight excluding hydrogens is 331 g/mol. The van der Waals surface area contributed by atoms with Gasteiger partial charge in [0.2, 0.25) is 5.91 Å². The van der Waals surface area contributed by atoms with Gasteiger partial charge in [0.25, 0.3) is 0 Å². The zero-order chi connectivity index (χ0) is 17.9. The van der Waals surface area contributed by atoms with Gasteiger partial charge in [-0.2, -0.15) is 0 Å². The van der Waals surface area contributed by atoms with Crippen LogP contribution in [0, 0.1) is 17.7 Å². The summed E-state index contributed by atoms with van der Waals surface area (Å²) in [5, 5.41) is 0. The summed E-state index contributed by atoms with van der Waals surface area (Å²) < 4.78 is 37.7. The summed E-state index contributed by atoms with van der Waals surface area (Å²) in [5.74, 6) is -1.33. The third-order valence-electron chi connectivity index (χ3n) is 4.58. The molecule has 0 aromatic heterocycles. The van der Waals surface area contributed by atoms with Crippen molar-refractivity contribution in [1.82, 2.24) is 4.90 Å². The van der Waals surface area contributed by atoms with E-state index >= 15 is 0 Å². The van der Waals surface area contributed by atoms with Crippen LogP contribution in [-0.2, 0) is 14.6 Å². The van der Waals surface area contributed by atoms with E-state index in [1.54, 1.807) is 11.8 Å². The molecule has 5 nitrogen and oxygen atoms in total. The number of nitrogens with zero attached hydrogens (tertiary/aromatic N) is 1. The van der Waals surface area contributed by atoms with Gasteiger partial charge in [-0.3, -0.25) is 4.79 Å². The Morgan fingerprint density at radius 3 is 2.54 bits per heavy atom. The lowest BCUT2D eigenvalue weighted by Crippen LogP contribution is -2.47. The Morgan fingerprint density at radius 2 is 1.96 bits per heavy atom. The molecule has 1 aliphatic rings. The zero-order valence-corrected chi connectivity index (χ0v) is 14.9. The van der Waals surface area contributed by atoms with E-state index in [0.717, 1.165) is 25.0 Å². The van der Waals surface area contributed by atoms with E-state index in [1.807, 2.05) is 6.92 Å². The van der Waals surface area contributed by atoms with Crippen molar-refractivity contribution in [3.63, 3.8) is 0 Å². The summed E-state index contributed by atoms with van der Waals surface area (Å²) in [5.41, 5.74) is 5.93. The van der Waals surface area contributed by atoms with Crippen LogP contribution in [-0.4, -0.2) is 44.1 Å². The zero-order valence-electron chi connectivity index (χ0n) is 14.1. The van der Waals surface area contributed by atoms with Crippen molar-refractivity contribution in [3.05, 3.63) is 30.1 Å². The van der Waals surface area contributed by atoms with Crippen molar-refractivity contribution >= 4 is 15.7 Å². The highest BCUT2D eigenvalue weighted by Gasteiger charge is 2.31. The van der Waals surface area contributed by atoms with Gasteiger partial charge in [-0.05, 0) is 49.9 Å². The molecule has 0 spiro atoms. The summed E-state index contributed by atoms with van der Waals surface area (Å²) in [6.45, 7) is 4.78. The molecule has 134 valence electrons. The van der Waals surface area contributed by atoms with E-state index in [4.69, 9.17) is 5.73 Å². The highest BCUT2D eigenvalue weighted by atomic mass is 32.2. The van der Waals surface area contributed by atoms with Crippen LogP contribution in [0.5, 0.6) is 0 Å². The number of benzene rings is 1. The number of likely N-dealkylation sites (tertiary alicyclic amines) is 1. The van der Waals surface area contributed by atoms with E-state index in [-0.39, 0.29) is 28.5 Å². The van der Waals surface area contributed by atoms with Crippen LogP contribution < -0.4 is 5.73 Å². The van der Waals surface area contributed by atoms with Crippen molar-refractivity contribution in [3.8, 4) is 0 Å². The number of carbonyl (C=O) groups excluding carboxylic acids is 1. The minimum atomic E-state index is -3.63. The molecule has 1 aromatic carbocycles. The molecule has 24 heavy (non-hydrogen) atoms. The summed E-state index contributed by atoms with van der Waals surface area (Å²) in [7, 11) is -3.63. The Hall–Kier alpha value is -1.47. The number of nitrogens with two attached hydrogens (primary N) is 1. The van der Waals surface area contributed by atoms with E-state index < -0.39 is 21.6 Å². The van der Waals surface area contributed by atoms with E-state index in [9.17, 15) is 17.6 Å². The second-order valence-electron chi connectivity index (χ2n) is 6.68. The first-order valence-electron chi connectivity index (χ1n) is 8.23. The van der Waals surface area contributed by atoms with Crippen LogP contribution in [0.25, 0.3) is 0 Å². The second-order valence-corrected chi connectivity index (χ2v) is 8.72. The van der Waals surface area contributed by atoms with Gasteiger partial charge in [-0.25, -0.2) is 12.8 Å². The standard InChI is InChI=1S/C17H25FN2O3S/c1-12(11-24(22,23)16-7-5-15(18)6-8-16)17(21)20-9-3-4-14(10-20)13(2)19/h5-8,12-14H,3-4,9-11,19H2,1-2H3/t12-,13-,14-/m1/s1. The van der Waals surface area contributed by atoms with Crippen LogP contribution in [0.15, 0.2) is 29.2 Å². The molecule has 1 aromatic rings. The molecular formula is C17H25FN2O3S. The van der Waals surface area contributed by atoms with E-state index in [2.05, 4.69) is 0 Å². The summed E-state index contributed by atoms with van der Waals surface area (Å²) in [4.78, 5) is 14.4. The smallest absolute Gasteiger partial charge is 0.226 e.